The van der Waals surface area contributed by atoms with Crippen LogP contribution in [0.2, 0.25) is 10.0 Å². The van der Waals surface area contributed by atoms with E-state index in [1.54, 1.807) is 12.1 Å². The summed E-state index contributed by atoms with van der Waals surface area (Å²) in [6.07, 6.45) is 0.261. The number of amides is 1. The molecule has 4 atom stereocenters. The minimum Gasteiger partial charge on any atom is -0.496 e. The molecule has 0 bridgehead atoms. The molecule has 1 N–H and O–H groups in total. The number of halogens is 4. The molecule has 1 amide bonds. The van der Waals surface area contributed by atoms with E-state index in [0.29, 0.717) is 18.5 Å². The Kier molecular flexibility index (Phi) is 10.4. The maximum Gasteiger partial charge on any atom is 0.339 e. The standard InChI is InChI=1S/C35H37Cl2F2N3O4/c1-20(2)32(42(19-43)22-11-12-24(33(44)45)29(15-22)46-6)41-17-26(23-8-7-9-27(37)31(23)39)35(18-40,30(41)16-34(3,4)5)25-13-10-21(36)14-28(25)38/h7-15,19-20,26,30,32H,16-17H2,1-6H3,(H,44,45)/t26?,30?,32?,35-/m1/s1. The topological polar surface area (TPSA) is 93.9 Å². The molecular formula is C35H37Cl2F2N3O4. The number of nitriles is 1. The zero-order chi connectivity index (χ0) is 34.1. The zero-order valence-electron chi connectivity index (χ0n) is 26.5. The Balaban J connectivity index is 2.04. The second kappa shape index (κ2) is 13.6. The highest BCUT2D eigenvalue weighted by Crippen LogP contribution is 2.55. The molecule has 1 saturated heterocycles. The van der Waals surface area contributed by atoms with Gasteiger partial charge in [0.05, 0.1) is 24.4 Å². The lowest BCUT2D eigenvalue weighted by atomic mass is 9.64. The van der Waals surface area contributed by atoms with Crippen molar-refractivity contribution in [2.75, 3.05) is 18.6 Å². The van der Waals surface area contributed by atoms with E-state index in [1.165, 1.54) is 48.4 Å². The number of carboxylic acid groups (broad SMARTS) is 1. The fourth-order valence-corrected chi connectivity index (χ4v) is 7.16. The number of carbonyl (C=O) groups is 2. The van der Waals surface area contributed by atoms with Crippen molar-refractivity contribution in [2.24, 2.45) is 11.3 Å². The molecule has 46 heavy (non-hydrogen) atoms. The van der Waals surface area contributed by atoms with Crippen molar-refractivity contribution in [1.82, 2.24) is 4.90 Å². The maximum absolute atomic E-state index is 16.1. The summed E-state index contributed by atoms with van der Waals surface area (Å²) >= 11 is 12.4. The van der Waals surface area contributed by atoms with Crippen molar-refractivity contribution in [3.63, 3.8) is 0 Å². The number of carbonyl (C=O) groups excluding carboxylic acids is 1. The van der Waals surface area contributed by atoms with Crippen LogP contribution >= 0.6 is 23.2 Å². The van der Waals surface area contributed by atoms with Crippen LogP contribution in [0.1, 0.15) is 68.4 Å². The number of anilines is 1. The molecule has 0 aliphatic carbocycles. The molecule has 0 radical (unpaired) electrons. The van der Waals surface area contributed by atoms with Crippen molar-refractivity contribution in [1.29, 1.82) is 5.26 Å². The average molecular weight is 673 g/mol. The molecular weight excluding hydrogens is 635 g/mol. The van der Waals surface area contributed by atoms with E-state index in [4.69, 9.17) is 27.9 Å². The van der Waals surface area contributed by atoms with Crippen LogP contribution in [0, 0.1) is 34.3 Å². The van der Waals surface area contributed by atoms with Crippen molar-refractivity contribution in [3.8, 4) is 11.8 Å². The molecule has 7 nitrogen and oxygen atoms in total. The molecule has 0 saturated carbocycles. The molecule has 1 heterocycles. The first-order valence-corrected chi connectivity index (χ1v) is 15.6. The molecule has 1 aliphatic heterocycles. The van der Waals surface area contributed by atoms with Crippen molar-refractivity contribution < 1.29 is 28.2 Å². The Morgan fingerprint density at radius 3 is 2.43 bits per heavy atom. The van der Waals surface area contributed by atoms with Gasteiger partial charge in [0.2, 0.25) is 6.41 Å². The number of carboxylic acids is 1. The summed E-state index contributed by atoms with van der Waals surface area (Å²) in [7, 11) is 1.34. The second-order valence-corrected chi connectivity index (χ2v) is 14.0. The minimum atomic E-state index is -1.65. The first-order valence-electron chi connectivity index (χ1n) is 14.8. The van der Waals surface area contributed by atoms with Crippen LogP contribution in [-0.4, -0.2) is 48.2 Å². The predicted molar refractivity (Wildman–Crippen MR) is 175 cm³/mol. The lowest BCUT2D eigenvalue weighted by Gasteiger charge is -2.45. The fraction of sp³-hybridized carbons (Fsp3) is 0.400. The summed E-state index contributed by atoms with van der Waals surface area (Å²) in [6, 6.07) is 14.7. The summed E-state index contributed by atoms with van der Waals surface area (Å²) in [5, 5.41) is 20.9. The number of hydrogen-bond donors (Lipinski definition) is 1. The quantitative estimate of drug-likeness (QED) is 0.218. The molecule has 244 valence electrons. The minimum absolute atomic E-state index is 0.0560. The highest BCUT2D eigenvalue weighted by Gasteiger charge is 2.60. The normalized spacial score (nSPS) is 20.7. The van der Waals surface area contributed by atoms with Crippen LogP contribution in [0.25, 0.3) is 0 Å². The highest BCUT2D eigenvalue weighted by atomic mass is 35.5. The number of nitrogens with zero attached hydrogens (tertiary/aromatic N) is 3. The predicted octanol–water partition coefficient (Wildman–Crippen LogP) is 8.29. The summed E-state index contributed by atoms with van der Waals surface area (Å²) in [6.45, 7) is 9.86. The van der Waals surface area contributed by atoms with Gasteiger partial charge in [0.15, 0.2) is 0 Å². The van der Waals surface area contributed by atoms with Gasteiger partial charge in [-0.3, -0.25) is 14.6 Å². The van der Waals surface area contributed by atoms with E-state index >= 15 is 8.78 Å². The van der Waals surface area contributed by atoms with Gasteiger partial charge < -0.3 is 9.84 Å². The lowest BCUT2D eigenvalue weighted by molar-refractivity contribution is -0.109. The van der Waals surface area contributed by atoms with Gasteiger partial charge >= 0.3 is 5.97 Å². The third-order valence-electron chi connectivity index (χ3n) is 8.64. The van der Waals surface area contributed by atoms with E-state index in [-0.39, 0.29) is 44.9 Å². The van der Waals surface area contributed by atoms with Crippen LogP contribution in [0.3, 0.4) is 0 Å². The first kappa shape index (κ1) is 35.1. The van der Waals surface area contributed by atoms with E-state index in [2.05, 4.69) is 6.07 Å². The molecule has 1 fully saturated rings. The summed E-state index contributed by atoms with van der Waals surface area (Å²) < 4.78 is 37.3. The van der Waals surface area contributed by atoms with Gasteiger partial charge in [-0.1, -0.05) is 76.0 Å². The molecule has 3 aromatic carbocycles. The van der Waals surface area contributed by atoms with Gasteiger partial charge in [0.1, 0.15) is 28.4 Å². The second-order valence-electron chi connectivity index (χ2n) is 13.1. The summed E-state index contributed by atoms with van der Waals surface area (Å²) in [5.41, 5.74) is -1.58. The molecule has 4 rings (SSSR count). The molecule has 3 unspecified atom stereocenters. The third-order valence-corrected chi connectivity index (χ3v) is 9.17. The van der Waals surface area contributed by atoms with Crippen molar-refractivity contribution >= 4 is 41.3 Å². The Bertz CT molecular complexity index is 1670. The Morgan fingerprint density at radius 1 is 1.20 bits per heavy atom. The number of rotatable bonds is 10. The van der Waals surface area contributed by atoms with E-state index in [0.717, 1.165) is 6.07 Å². The molecule has 11 heteroatoms. The Labute approximate surface area is 278 Å². The monoisotopic (exact) mass is 671 g/mol. The smallest absolute Gasteiger partial charge is 0.339 e. The van der Waals surface area contributed by atoms with Crippen LogP contribution in [0.4, 0.5) is 14.5 Å². The van der Waals surface area contributed by atoms with Gasteiger partial charge in [-0.05, 0) is 53.6 Å². The summed E-state index contributed by atoms with van der Waals surface area (Å²) in [4.78, 5) is 28.2. The maximum atomic E-state index is 16.1. The van der Waals surface area contributed by atoms with E-state index in [9.17, 15) is 20.0 Å². The number of aromatic carboxylic acids is 1. The Morgan fingerprint density at radius 2 is 1.89 bits per heavy atom. The van der Waals surface area contributed by atoms with Gasteiger partial charge in [-0.25, -0.2) is 13.6 Å². The van der Waals surface area contributed by atoms with Crippen LogP contribution in [-0.2, 0) is 10.2 Å². The van der Waals surface area contributed by atoms with Crippen LogP contribution < -0.4 is 9.64 Å². The largest absolute Gasteiger partial charge is 0.496 e. The average Bonchev–Trinajstić information content (AvgIpc) is 3.28. The SMILES string of the molecule is COc1cc(N(C=O)C(C(C)C)N2CC(c3cccc(Cl)c3F)[C@@](C#N)(c3ccc(Cl)cc3F)C2CC(C)(C)C)ccc1C(=O)O. The number of likely N-dealkylation sites (tertiary alicyclic amines) is 1. The van der Waals surface area contributed by atoms with Gasteiger partial charge in [-0.15, -0.1) is 0 Å². The van der Waals surface area contributed by atoms with E-state index < -0.39 is 46.6 Å². The molecule has 0 aromatic heterocycles. The van der Waals surface area contributed by atoms with Gasteiger partial charge in [-0.2, -0.15) is 5.26 Å². The van der Waals surface area contributed by atoms with Crippen molar-refractivity contribution in [3.05, 3.63) is 93.0 Å². The zero-order valence-corrected chi connectivity index (χ0v) is 28.0. The lowest BCUT2D eigenvalue weighted by Crippen LogP contribution is -2.56. The van der Waals surface area contributed by atoms with Gasteiger partial charge in [0, 0.05) is 40.8 Å². The highest BCUT2D eigenvalue weighted by molar-refractivity contribution is 6.31. The third kappa shape index (κ3) is 6.44. The van der Waals surface area contributed by atoms with Crippen molar-refractivity contribution in [2.45, 2.75) is 64.6 Å². The molecule has 1 aliphatic rings. The molecule has 3 aromatic rings. The van der Waals surface area contributed by atoms with Gasteiger partial charge in [0.25, 0.3) is 0 Å². The number of hydrogen-bond acceptors (Lipinski definition) is 5. The fourth-order valence-electron chi connectivity index (χ4n) is 6.82. The molecule has 0 spiro atoms. The number of benzene rings is 3. The van der Waals surface area contributed by atoms with Crippen LogP contribution in [0.5, 0.6) is 5.75 Å². The summed E-state index contributed by atoms with van der Waals surface area (Å²) in [5.74, 6) is -3.74. The Hall–Kier alpha value is -3.71. The van der Waals surface area contributed by atoms with Crippen LogP contribution in [0.15, 0.2) is 54.6 Å². The van der Waals surface area contributed by atoms with E-state index in [1.807, 2.05) is 39.5 Å². The first-order chi connectivity index (χ1) is 21.6. The number of ether oxygens (including phenoxy) is 1. The number of methoxy groups -OCH3 is 1.